The Bertz CT molecular complexity index is 936. The number of thioether (sulfide) groups is 1. The minimum absolute atomic E-state index is 0.167. The van der Waals surface area contributed by atoms with E-state index < -0.39 is 5.92 Å². The maximum absolute atomic E-state index is 13.3. The predicted molar refractivity (Wildman–Crippen MR) is 104 cm³/mol. The summed E-state index contributed by atoms with van der Waals surface area (Å²) in [6.45, 7) is 0. The van der Waals surface area contributed by atoms with Gasteiger partial charge in [0, 0.05) is 16.7 Å². The first-order valence-electron chi connectivity index (χ1n) is 8.20. The number of carbonyl (C=O) groups excluding carboxylic acids is 1. The van der Waals surface area contributed by atoms with Gasteiger partial charge in [0.1, 0.15) is 11.9 Å². The fourth-order valence-corrected chi connectivity index (χ4v) is 3.56. The Morgan fingerprint density at radius 3 is 2.73 bits per heavy atom. The lowest BCUT2D eigenvalue weighted by Gasteiger charge is -2.33. The summed E-state index contributed by atoms with van der Waals surface area (Å²) in [4.78, 5) is 18.6. The van der Waals surface area contributed by atoms with E-state index in [0.717, 1.165) is 16.2 Å². The van der Waals surface area contributed by atoms with E-state index in [0.29, 0.717) is 5.69 Å². The maximum Gasteiger partial charge on any atom is 0.256 e. The normalized spacial score (nSPS) is 21.5. The van der Waals surface area contributed by atoms with Gasteiger partial charge in [0.15, 0.2) is 0 Å². The molecule has 0 radical (unpaired) electrons. The monoisotopic (exact) mass is 365 g/mol. The molecule has 2 aromatic carbocycles. The van der Waals surface area contributed by atoms with E-state index in [1.807, 2.05) is 36.6 Å². The highest BCUT2D eigenvalue weighted by Crippen LogP contribution is 2.30. The first-order valence-corrected chi connectivity index (χ1v) is 9.42. The molecule has 1 amide bonds. The lowest BCUT2D eigenvalue weighted by Crippen LogP contribution is -2.47. The summed E-state index contributed by atoms with van der Waals surface area (Å²) in [6, 6.07) is 13.4. The molecule has 0 N–H and O–H groups in total. The molecule has 0 saturated heterocycles. The summed E-state index contributed by atoms with van der Waals surface area (Å²) >= 11 is 1.65. The second-order valence-electron chi connectivity index (χ2n) is 6.00. The molecule has 4 rings (SSSR count). The number of rotatable bonds is 3. The van der Waals surface area contributed by atoms with E-state index in [4.69, 9.17) is 0 Å². The number of hydrazone groups is 1. The van der Waals surface area contributed by atoms with Crippen LogP contribution < -0.4 is 5.01 Å². The molecule has 6 heteroatoms. The molecule has 2 unspecified atom stereocenters. The van der Waals surface area contributed by atoms with Crippen molar-refractivity contribution >= 4 is 35.3 Å². The lowest BCUT2D eigenvalue weighted by molar-refractivity contribution is -0.121. The van der Waals surface area contributed by atoms with Gasteiger partial charge in [-0.05, 0) is 48.7 Å². The molecule has 0 fully saturated rings. The Kier molecular flexibility index (Phi) is 4.42. The van der Waals surface area contributed by atoms with E-state index in [1.54, 1.807) is 36.2 Å². The van der Waals surface area contributed by atoms with Crippen LogP contribution in [0.1, 0.15) is 5.56 Å². The fourth-order valence-electron chi connectivity index (χ4n) is 3.10. The van der Waals surface area contributed by atoms with Gasteiger partial charge in [-0.15, -0.1) is 11.8 Å². The van der Waals surface area contributed by atoms with Crippen molar-refractivity contribution in [3.8, 4) is 0 Å². The second-order valence-corrected chi connectivity index (χ2v) is 6.88. The van der Waals surface area contributed by atoms with Gasteiger partial charge < -0.3 is 0 Å². The van der Waals surface area contributed by atoms with E-state index in [1.165, 1.54) is 17.1 Å². The molecule has 4 nitrogen and oxygen atoms in total. The van der Waals surface area contributed by atoms with Gasteiger partial charge in [-0.3, -0.25) is 9.79 Å². The average molecular weight is 365 g/mol. The van der Waals surface area contributed by atoms with Crippen molar-refractivity contribution in [2.24, 2.45) is 16.0 Å². The number of nitrogens with zero attached hydrogens (tertiary/aromatic N) is 3. The molecule has 26 heavy (non-hydrogen) atoms. The first kappa shape index (κ1) is 16.7. The molecule has 2 heterocycles. The van der Waals surface area contributed by atoms with Crippen molar-refractivity contribution in [2.75, 3.05) is 11.3 Å². The zero-order valence-corrected chi connectivity index (χ0v) is 14.9. The van der Waals surface area contributed by atoms with Crippen LogP contribution >= 0.6 is 11.8 Å². The minimum Gasteiger partial charge on any atom is -0.282 e. The SMILES string of the molecule is CSc1cccc(C2=NN(c3ccc(F)cc3)C(=O)C3C=CC=NC23)c1. The third-order valence-corrected chi connectivity index (χ3v) is 5.14. The van der Waals surface area contributed by atoms with E-state index >= 15 is 0 Å². The van der Waals surface area contributed by atoms with Crippen LogP contribution in [-0.2, 0) is 4.79 Å². The number of hydrogen-bond donors (Lipinski definition) is 0. The Hall–Kier alpha value is -2.73. The van der Waals surface area contributed by atoms with E-state index in [9.17, 15) is 9.18 Å². The van der Waals surface area contributed by atoms with Crippen LogP contribution in [0.5, 0.6) is 0 Å². The minimum atomic E-state index is -0.421. The molecule has 2 aliphatic heterocycles. The Balaban J connectivity index is 1.84. The molecular weight excluding hydrogens is 349 g/mol. The molecule has 2 atom stereocenters. The largest absolute Gasteiger partial charge is 0.282 e. The van der Waals surface area contributed by atoms with Gasteiger partial charge in [0.2, 0.25) is 0 Å². The smallest absolute Gasteiger partial charge is 0.256 e. The van der Waals surface area contributed by atoms with Crippen LogP contribution in [0, 0.1) is 11.7 Å². The van der Waals surface area contributed by atoms with Crippen LogP contribution in [0.25, 0.3) is 0 Å². The van der Waals surface area contributed by atoms with Crippen molar-refractivity contribution in [2.45, 2.75) is 10.9 Å². The molecular formula is C20H16FN3OS. The van der Waals surface area contributed by atoms with Gasteiger partial charge >= 0.3 is 0 Å². The third kappa shape index (κ3) is 2.97. The molecule has 2 aliphatic rings. The van der Waals surface area contributed by atoms with Gasteiger partial charge in [-0.25, -0.2) is 4.39 Å². The third-order valence-electron chi connectivity index (χ3n) is 4.41. The summed E-state index contributed by atoms with van der Waals surface area (Å²) in [5.74, 6) is -0.940. The fraction of sp³-hybridized carbons (Fsp3) is 0.150. The summed E-state index contributed by atoms with van der Waals surface area (Å²) in [6.07, 6.45) is 7.35. The van der Waals surface area contributed by atoms with Crippen molar-refractivity contribution in [1.82, 2.24) is 0 Å². The van der Waals surface area contributed by atoms with Crippen LogP contribution in [0.2, 0.25) is 0 Å². The van der Waals surface area contributed by atoms with Gasteiger partial charge in [0.05, 0.1) is 17.3 Å². The molecule has 0 aliphatic carbocycles. The summed E-state index contributed by atoms with van der Waals surface area (Å²) in [5.41, 5.74) is 2.20. The predicted octanol–water partition coefficient (Wildman–Crippen LogP) is 3.92. The topological polar surface area (TPSA) is 45.0 Å². The van der Waals surface area contributed by atoms with Crippen LogP contribution in [0.4, 0.5) is 10.1 Å². The highest BCUT2D eigenvalue weighted by Gasteiger charge is 2.39. The average Bonchev–Trinajstić information content (AvgIpc) is 2.69. The lowest BCUT2D eigenvalue weighted by atomic mass is 9.88. The summed E-state index contributed by atoms with van der Waals surface area (Å²) in [5, 5.41) is 5.97. The molecule has 0 saturated carbocycles. The number of carbonyl (C=O) groups is 1. The standard InChI is InChI=1S/C20H16FN3OS/c1-26-16-5-2-4-13(12-16)18-19-17(6-3-11-22-19)20(25)24(23-18)15-9-7-14(21)8-10-15/h2-12,17,19H,1H3. The summed E-state index contributed by atoms with van der Waals surface area (Å²) in [7, 11) is 0. The molecule has 0 bridgehead atoms. The van der Waals surface area contributed by atoms with Gasteiger partial charge in [0.25, 0.3) is 5.91 Å². The maximum atomic E-state index is 13.3. The number of hydrogen-bond acceptors (Lipinski definition) is 4. The number of dihydropyridines is 1. The van der Waals surface area contributed by atoms with Crippen molar-refractivity contribution in [1.29, 1.82) is 0 Å². The number of amides is 1. The van der Waals surface area contributed by atoms with Crippen molar-refractivity contribution in [3.05, 3.63) is 72.1 Å². The molecule has 2 aromatic rings. The van der Waals surface area contributed by atoms with Crippen molar-refractivity contribution < 1.29 is 9.18 Å². The van der Waals surface area contributed by atoms with E-state index in [2.05, 4.69) is 10.1 Å². The van der Waals surface area contributed by atoms with Crippen LogP contribution in [-0.4, -0.2) is 30.1 Å². The highest BCUT2D eigenvalue weighted by molar-refractivity contribution is 7.98. The Morgan fingerprint density at radius 2 is 1.96 bits per heavy atom. The zero-order valence-electron chi connectivity index (χ0n) is 14.0. The molecule has 0 spiro atoms. The number of fused-ring (bicyclic) bond motifs is 1. The number of aliphatic imine (C=N–C) groups is 1. The van der Waals surface area contributed by atoms with E-state index in [-0.39, 0.29) is 17.8 Å². The number of benzene rings is 2. The number of allylic oxidation sites excluding steroid dienone is 1. The van der Waals surface area contributed by atoms with Gasteiger partial charge in [-0.2, -0.15) is 10.1 Å². The number of anilines is 1. The van der Waals surface area contributed by atoms with Crippen molar-refractivity contribution in [3.63, 3.8) is 0 Å². The highest BCUT2D eigenvalue weighted by atomic mass is 32.2. The molecule has 0 aromatic heterocycles. The first-order chi connectivity index (χ1) is 12.7. The zero-order chi connectivity index (χ0) is 18.1. The number of halogens is 1. The summed E-state index contributed by atoms with van der Waals surface area (Å²) < 4.78 is 13.3. The van der Waals surface area contributed by atoms with Crippen LogP contribution in [0.3, 0.4) is 0 Å². The molecule has 130 valence electrons. The quantitative estimate of drug-likeness (QED) is 0.774. The Labute approximate surface area is 155 Å². The Morgan fingerprint density at radius 1 is 1.15 bits per heavy atom. The van der Waals surface area contributed by atoms with Gasteiger partial charge in [-0.1, -0.05) is 18.2 Å². The second kappa shape index (κ2) is 6.88. The van der Waals surface area contributed by atoms with Crippen LogP contribution in [0.15, 0.2) is 75.7 Å².